The summed E-state index contributed by atoms with van der Waals surface area (Å²) < 4.78 is 16.9. The van der Waals surface area contributed by atoms with E-state index in [4.69, 9.17) is 8.39 Å². The second kappa shape index (κ2) is 11.2. The molecule has 0 N–H and O–H groups in total. The molecule has 0 aliphatic heterocycles. The molecule has 0 saturated heterocycles. The summed E-state index contributed by atoms with van der Waals surface area (Å²) in [7, 11) is -4.98. The minimum Gasteiger partial charge on any atom is -0.408 e. The molecule has 1 heterocycles. The maximum Gasteiger partial charge on any atom is 0.310 e. The van der Waals surface area contributed by atoms with Crippen molar-refractivity contribution >= 4 is 56.6 Å². The number of fused-ring (bicyclic) bond motifs is 3. The summed E-state index contributed by atoms with van der Waals surface area (Å²) in [6, 6.07) is 35.0. The third-order valence-electron chi connectivity index (χ3n) is 7.82. The van der Waals surface area contributed by atoms with Crippen LogP contribution >= 0.6 is 8.16 Å². The molecule has 2 atom stereocenters. The Kier molecular flexibility index (Phi) is 8.04. The van der Waals surface area contributed by atoms with Gasteiger partial charge in [0.1, 0.15) is 11.2 Å². The van der Waals surface area contributed by atoms with Crippen molar-refractivity contribution in [2.45, 2.75) is 65.2 Å². The minimum atomic E-state index is -1.73. The molecule has 0 unspecified atom stereocenters. The molecule has 6 heteroatoms. The van der Waals surface area contributed by atoms with Crippen LogP contribution in [0.25, 0.3) is 21.9 Å². The minimum absolute atomic E-state index is 0.0746. The van der Waals surface area contributed by atoms with E-state index >= 15 is 0 Å². The van der Waals surface area contributed by atoms with Gasteiger partial charge >= 0.3 is 8.16 Å². The maximum atomic E-state index is 7.23. The highest BCUT2D eigenvalue weighted by molar-refractivity contribution is 7.39. The van der Waals surface area contributed by atoms with E-state index in [1.165, 1.54) is 21.5 Å². The highest BCUT2D eigenvalue weighted by Gasteiger charge is 2.31. The van der Waals surface area contributed by atoms with Crippen molar-refractivity contribution in [3.8, 4) is 0 Å². The molecule has 5 aromatic rings. The fraction of sp³-hybridized carbons (Fsp3) is 0.294. The molecule has 5 rings (SSSR count). The van der Waals surface area contributed by atoms with Gasteiger partial charge in [-0.2, -0.15) is 4.67 Å². The molecule has 0 amide bonds. The number of rotatable bonds is 7. The van der Waals surface area contributed by atoms with E-state index in [0.29, 0.717) is 0 Å². The topological polar surface area (TPSA) is 29.5 Å². The molecule has 0 radical (unpaired) electrons. The van der Waals surface area contributed by atoms with Crippen molar-refractivity contribution in [2.24, 2.45) is 0 Å². The van der Waals surface area contributed by atoms with Crippen molar-refractivity contribution in [1.82, 2.24) is 0 Å². The Hall–Kier alpha value is -2.83. The molecular weight excluding hydrogens is 542 g/mol. The molecule has 0 bridgehead atoms. The van der Waals surface area contributed by atoms with E-state index in [1.807, 2.05) is 0 Å². The predicted molar refractivity (Wildman–Crippen MR) is 180 cm³/mol. The highest BCUT2D eigenvalue weighted by Crippen LogP contribution is 2.46. The van der Waals surface area contributed by atoms with Crippen molar-refractivity contribution in [1.29, 1.82) is 0 Å². The lowest BCUT2D eigenvalue weighted by Crippen LogP contribution is -2.38. The van der Waals surface area contributed by atoms with Crippen LogP contribution in [-0.4, -0.2) is 16.1 Å². The Balaban J connectivity index is 1.93. The zero-order valence-electron chi connectivity index (χ0n) is 25.1. The van der Waals surface area contributed by atoms with Gasteiger partial charge in [0.2, 0.25) is 0 Å². The van der Waals surface area contributed by atoms with Gasteiger partial charge in [0.25, 0.3) is 0 Å². The zero-order chi connectivity index (χ0) is 28.7. The summed E-state index contributed by atoms with van der Waals surface area (Å²) >= 11 is 0. The SMILES string of the molecule is C[C@H](c1ccccc1)N([C@H](C)c1ccccc1)p1oc2c([Si](C)(C)C)cccc2c2cccc([Si](C)(C)C)c2o1. The Morgan fingerprint density at radius 1 is 0.525 bits per heavy atom. The maximum absolute atomic E-state index is 7.23. The zero-order valence-corrected chi connectivity index (χ0v) is 28.0. The van der Waals surface area contributed by atoms with Crippen molar-refractivity contribution < 1.29 is 8.39 Å². The van der Waals surface area contributed by atoms with Gasteiger partial charge in [-0.1, -0.05) is 136 Å². The molecule has 1 aromatic heterocycles. The Morgan fingerprint density at radius 2 is 0.900 bits per heavy atom. The van der Waals surface area contributed by atoms with E-state index in [0.717, 1.165) is 21.9 Å². The fourth-order valence-electron chi connectivity index (χ4n) is 5.53. The lowest BCUT2D eigenvalue weighted by atomic mass is 10.0. The van der Waals surface area contributed by atoms with Crippen LogP contribution in [0.4, 0.5) is 0 Å². The van der Waals surface area contributed by atoms with Crippen molar-refractivity contribution in [3.63, 3.8) is 0 Å². The van der Waals surface area contributed by atoms with Gasteiger partial charge in [-0.25, -0.2) is 0 Å². The summed E-state index contributed by atoms with van der Waals surface area (Å²) in [4.78, 5) is 0. The van der Waals surface area contributed by atoms with Crippen LogP contribution in [0.5, 0.6) is 0 Å². The van der Waals surface area contributed by atoms with Crippen LogP contribution in [-0.2, 0) is 0 Å². The molecular formula is C34H42NO2PSi2. The van der Waals surface area contributed by atoms with E-state index in [1.54, 1.807) is 0 Å². The standard InChI is InChI=1S/C34H42NO2PSi2/c1-25(27-17-11-9-12-18-27)35(26(2)28-19-13-10-14-20-28)38-36-33-29(21-15-23-31(33)39(3,4)5)30-22-16-24-32(34(30)37-38)40(6,7)8/h9-26H,1-8H3/t25-,26-/m1/s1. The summed E-state index contributed by atoms with van der Waals surface area (Å²) in [5, 5.41) is 4.98. The molecule has 0 aliphatic rings. The highest BCUT2D eigenvalue weighted by atomic mass is 31.1. The first-order valence-corrected chi connectivity index (χ1v) is 22.4. The van der Waals surface area contributed by atoms with E-state index < -0.39 is 24.3 Å². The summed E-state index contributed by atoms with van der Waals surface area (Å²) in [5.74, 6) is 0. The van der Waals surface area contributed by atoms with E-state index in [2.05, 4.69) is 155 Å². The summed E-state index contributed by atoms with van der Waals surface area (Å²) in [5.41, 5.74) is 4.51. The van der Waals surface area contributed by atoms with Crippen LogP contribution in [0.15, 0.2) is 105 Å². The predicted octanol–water partition coefficient (Wildman–Crippen LogP) is 9.84. The number of hydrogen-bond donors (Lipinski definition) is 0. The number of hydrogen-bond acceptors (Lipinski definition) is 3. The molecule has 0 spiro atoms. The second-order valence-electron chi connectivity index (χ2n) is 12.8. The molecule has 208 valence electrons. The molecule has 40 heavy (non-hydrogen) atoms. The Labute approximate surface area is 242 Å². The first kappa shape index (κ1) is 28.7. The van der Waals surface area contributed by atoms with Gasteiger partial charge < -0.3 is 8.39 Å². The fourth-order valence-corrected chi connectivity index (χ4v) is 10.4. The van der Waals surface area contributed by atoms with Crippen LogP contribution in [0.3, 0.4) is 0 Å². The Morgan fingerprint density at radius 3 is 1.25 bits per heavy atom. The second-order valence-corrected chi connectivity index (χ2v) is 24.2. The van der Waals surface area contributed by atoms with Crippen LogP contribution < -0.4 is 15.0 Å². The average molecular weight is 584 g/mol. The first-order chi connectivity index (χ1) is 19.0. The van der Waals surface area contributed by atoms with Crippen LogP contribution in [0.1, 0.15) is 37.1 Å². The lowest BCUT2D eigenvalue weighted by Gasteiger charge is -2.32. The summed E-state index contributed by atoms with van der Waals surface area (Å²) in [6.07, 6.45) is 0. The number of para-hydroxylation sites is 2. The van der Waals surface area contributed by atoms with Gasteiger partial charge in [-0.3, -0.25) is 0 Å². The number of nitrogens with zero attached hydrogens (tertiary/aromatic N) is 1. The van der Waals surface area contributed by atoms with E-state index in [9.17, 15) is 0 Å². The van der Waals surface area contributed by atoms with Crippen LogP contribution in [0.2, 0.25) is 39.3 Å². The third kappa shape index (κ3) is 5.66. The Bertz CT molecular complexity index is 1530. The lowest BCUT2D eigenvalue weighted by molar-refractivity contribution is 0.559. The van der Waals surface area contributed by atoms with Gasteiger partial charge in [0.15, 0.2) is 0 Å². The first-order valence-electron chi connectivity index (χ1n) is 14.3. The number of benzene rings is 4. The molecule has 4 aromatic carbocycles. The molecule has 0 aliphatic carbocycles. The largest absolute Gasteiger partial charge is 0.408 e. The quantitative estimate of drug-likeness (QED) is 0.179. The van der Waals surface area contributed by atoms with Crippen molar-refractivity contribution in [3.05, 3.63) is 108 Å². The van der Waals surface area contributed by atoms with Gasteiger partial charge in [-0.05, 0) is 35.3 Å². The van der Waals surface area contributed by atoms with Crippen molar-refractivity contribution in [2.75, 3.05) is 4.67 Å². The average Bonchev–Trinajstić information content (AvgIpc) is 3.09. The van der Waals surface area contributed by atoms with Gasteiger partial charge in [0.05, 0.1) is 16.1 Å². The monoisotopic (exact) mass is 583 g/mol. The molecule has 0 saturated carbocycles. The normalized spacial score (nSPS) is 14.0. The molecule has 0 fully saturated rings. The molecule has 3 nitrogen and oxygen atoms in total. The summed E-state index contributed by atoms with van der Waals surface area (Å²) in [6.45, 7) is 19.0. The van der Waals surface area contributed by atoms with Gasteiger partial charge in [-0.15, -0.1) is 0 Å². The van der Waals surface area contributed by atoms with Crippen LogP contribution in [0, 0.1) is 0 Å². The van der Waals surface area contributed by atoms with E-state index in [-0.39, 0.29) is 12.1 Å². The smallest absolute Gasteiger partial charge is 0.310 e. The third-order valence-corrected chi connectivity index (χ3v) is 13.6. The van der Waals surface area contributed by atoms with Gasteiger partial charge in [0, 0.05) is 22.9 Å².